The molecule has 3 amide bonds. The Bertz CT molecular complexity index is 1060. The Labute approximate surface area is 197 Å². The third kappa shape index (κ3) is 3.20. The summed E-state index contributed by atoms with van der Waals surface area (Å²) in [7, 11) is 0. The van der Waals surface area contributed by atoms with Gasteiger partial charge in [-0.3, -0.25) is 19.3 Å². The third-order valence-corrected chi connectivity index (χ3v) is 10.2. The molecule has 2 bridgehead atoms. The van der Waals surface area contributed by atoms with Crippen molar-refractivity contribution in [3.8, 4) is 0 Å². The maximum Gasteiger partial charge on any atom is 0.255 e. The van der Waals surface area contributed by atoms with Crippen molar-refractivity contribution >= 4 is 61.0 Å². The molecule has 0 radical (unpaired) electrons. The van der Waals surface area contributed by atoms with Crippen molar-refractivity contribution < 1.29 is 14.4 Å². The van der Waals surface area contributed by atoms with Crippen LogP contribution in [0.1, 0.15) is 29.3 Å². The average molecular weight is 546 g/mol. The largest absolute Gasteiger partial charge is 0.322 e. The minimum absolute atomic E-state index is 0.139. The van der Waals surface area contributed by atoms with Crippen molar-refractivity contribution in [2.45, 2.75) is 29.4 Å². The van der Waals surface area contributed by atoms with E-state index in [0.717, 1.165) is 24.1 Å². The molecular weight excluding hydrogens is 524 g/mol. The van der Waals surface area contributed by atoms with Crippen LogP contribution < -0.4 is 10.2 Å². The molecule has 1 saturated heterocycles. The van der Waals surface area contributed by atoms with E-state index in [0.29, 0.717) is 11.3 Å². The van der Waals surface area contributed by atoms with E-state index in [1.165, 1.54) is 4.90 Å². The number of anilines is 2. The summed E-state index contributed by atoms with van der Waals surface area (Å²) in [4.78, 5) is 41.1. The number of amides is 3. The second-order valence-corrected chi connectivity index (χ2v) is 10.6. The number of rotatable bonds is 4. The van der Waals surface area contributed by atoms with Crippen LogP contribution in [0.25, 0.3) is 0 Å². The molecule has 0 spiro atoms. The Hall–Kier alpha value is -1.99. The van der Waals surface area contributed by atoms with Gasteiger partial charge in [0.15, 0.2) is 0 Å². The molecule has 1 N–H and O–H groups in total. The quantitative estimate of drug-likeness (QED) is 0.444. The van der Waals surface area contributed by atoms with Crippen molar-refractivity contribution in [3.63, 3.8) is 0 Å². The molecule has 6 atom stereocenters. The molecule has 2 saturated carbocycles. The topological polar surface area (TPSA) is 66.5 Å². The van der Waals surface area contributed by atoms with Gasteiger partial charge in [-0.2, -0.15) is 0 Å². The van der Waals surface area contributed by atoms with Gasteiger partial charge in [0.1, 0.15) is 0 Å². The molecule has 7 heteroatoms. The average Bonchev–Trinajstić information content (AvgIpc) is 3.39. The summed E-state index contributed by atoms with van der Waals surface area (Å²) in [5.74, 6) is -0.756. The number of carbonyl (C=O) groups excluding carboxylic acids is 3. The van der Waals surface area contributed by atoms with Gasteiger partial charge in [0.25, 0.3) is 5.91 Å². The zero-order valence-electron chi connectivity index (χ0n) is 16.9. The summed E-state index contributed by atoms with van der Waals surface area (Å²) in [6.07, 6.45) is 1.70. The molecular formula is C24H22Br2N2O3. The summed E-state index contributed by atoms with van der Waals surface area (Å²) in [5, 5.41) is 2.95. The Balaban J connectivity index is 1.41. The molecule has 2 aromatic rings. The lowest BCUT2D eigenvalue weighted by molar-refractivity contribution is -0.123. The predicted octanol–water partition coefficient (Wildman–Crippen LogP) is 4.78. The fourth-order valence-corrected chi connectivity index (χ4v) is 7.41. The van der Waals surface area contributed by atoms with Crippen LogP contribution in [-0.2, 0) is 16.0 Å². The first-order valence-electron chi connectivity index (χ1n) is 10.6. The minimum Gasteiger partial charge on any atom is -0.322 e. The van der Waals surface area contributed by atoms with Crippen LogP contribution in [0, 0.1) is 23.7 Å². The number of halogens is 2. The first-order chi connectivity index (χ1) is 14.9. The molecule has 0 aromatic heterocycles. The Morgan fingerprint density at radius 1 is 1.00 bits per heavy atom. The zero-order chi connectivity index (χ0) is 21.9. The molecule has 1 aliphatic heterocycles. The van der Waals surface area contributed by atoms with Crippen LogP contribution in [0.2, 0.25) is 0 Å². The number of benzene rings is 2. The van der Waals surface area contributed by atoms with Crippen molar-refractivity contribution in [1.29, 1.82) is 0 Å². The maximum absolute atomic E-state index is 13.3. The van der Waals surface area contributed by atoms with E-state index in [4.69, 9.17) is 0 Å². The third-order valence-electron chi connectivity index (χ3n) is 7.00. The van der Waals surface area contributed by atoms with E-state index in [1.54, 1.807) is 24.3 Å². The number of aryl methyl sites for hydroxylation is 1. The number of carbonyl (C=O) groups is 3. The second-order valence-electron chi connectivity index (χ2n) is 8.53. The number of para-hydroxylation sites is 1. The normalized spacial score (nSPS) is 31.3. The number of hydrogen-bond donors (Lipinski definition) is 1. The summed E-state index contributed by atoms with van der Waals surface area (Å²) in [5.41, 5.74) is 2.71. The van der Waals surface area contributed by atoms with Gasteiger partial charge >= 0.3 is 0 Å². The number of nitrogens with one attached hydrogen (secondary N) is 1. The summed E-state index contributed by atoms with van der Waals surface area (Å²) in [6, 6.07) is 14.5. The Morgan fingerprint density at radius 2 is 1.65 bits per heavy atom. The van der Waals surface area contributed by atoms with Crippen LogP contribution in [0.3, 0.4) is 0 Å². The lowest BCUT2D eigenvalue weighted by Gasteiger charge is -2.28. The monoisotopic (exact) mass is 544 g/mol. The van der Waals surface area contributed by atoms with E-state index in [1.807, 2.05) is 31.2 Å². The molecule has 2 aliphatic carbocycles. The van der Waals surface area contributed by atoms with Crippen molar-refractivity contribution in [1.82, 2.24) is 0 Å². The van der Waals surface area contributed by atoms with E-state index < -0.39 is 0 Å². The van der Waals surface area contributed by atoms with E-state index in [2.05, 4.69) is 37.2 Å². The Morgan fingerprint density at radius 3 is 2.29 bits per heavy atom. The van der Waals surface area contributed by atoms with Crippen molar-refractivity contribution in [2.24, 2.45) is 23.7 Å². The molecule has 5 rings (SSSR count). The molecule has 1 heterocycles. The molecule has 3 fully saturated rings. The molecule has 31 heavy (non-hydrogen) atoms. The standard InChI is InChI=1S/C24H22Br2N2O3/c1-2-12-6-3-4-9-17(12)27-22(29)13-7-5-8-14(10-13)28-23(30)18-15-11-16(19(18)24(28)31)21(26)20(15)25/h3-10,15-16,18-21H,2,11H2,1H3,(H,27,29)/t15-,16-,18-,19+,20-,21+/m1/s1. The first kappa shape index (κ1) is 20.9. The zero-order valence-corrected chi connectivity index (χ0v) is 20.1. The van der Waals surface area contributed by atoms with Gasteiger partial charge in [-0.1, -0.05) is 63.0 Å². The summed E-state index contributed by atoms with van der Waals surface area (Å²) < 4.78 is 0. The predicted molar refractivity (Wildman–Crippen MR) is 127 cm³/mol. The molecule has 3 aliphatic rings. The maximum atomic E-state index is 13.3. The highest BCUT2D eigenvalue weighted by Crippen LogP contribution is 2.60. The molecule has 0 unspecified atom stereocenters. The van der Waals surface area contributed by atoms with Crippen LogP contribution in [-0.4, -0.2) is 27.4 Å². The van der Waals surface area contributed by atoms with Gasteiger partial charge < -0.3 is 5.32 Å². The van der Waals surface area contributed by atoms with Gasteiger partial charge in [-0.15, -0.1) is 0 Å². The molecule has 160 valence electrons. The van der Waals surface area contributed by atoms with Crippen molar-refractivity contribution in [3.05, 3.63) is 59.7 Å². The summed E-state index contributed by atoms with van der Waals surface area (Å²) >= 11 is 7.43. The highest BCUT2D eigenvalue weighted by atomic mass is 79.9. The summed E-state index contributed by atoms with van der Waals surface area (Å²) in [6.45, 7) is 2.04. The van der Waals surface area contributed by atoms with Crippen molar-refractivity contribution in [2.75, 3.05) is 10.2 Å². The van der Waals surface area contributed by atoms with E-state index >= 15 is 0 Å². The number of hydrogen-bond acceptors (Lipinski definition) is 3. The molecule has 2 aromatic carbocycles. The van der Waals surface area contributed by atoms with Gasteiger partial charge in [0.2, 0.25) is 11.8 Å². The highest BCUT2D eigenvalue weighted by molar-refractivity contribution is 9.12. The van der Waals surface area contributed by atoms with E-state index in [-0.39, 0.29) is 51.0 Å². The SMILES string of the molecule is CCc1ccccc1NC(=O)c1cccc(N2C(=O)[C@@H]3[C@H]4C[C@@H]([C@H](Br)[C@@H]4Br)[C@@H]3C2=O)c1. The van der Waals surface area contributed by atoms with Gasteiger partial charge in [-0.25, -0.2) is 0 Å². The highest BCUT2D eigenvalue weighted by Gasteiger charge is 2.66. The van der Waals surface area contributed by atoms with Crippen LogP contribution in [0.15, 0.2) is 48.5 Å². The van der Waals surface area contributed by atoms with Gasteiger partial charge in [0, 0.05) is 20.9 Å². The fourth-order valence-electron chi connectivity index (χ4n) is 5.53. The second kappa shape index (κ2) is 7.85. The molecule has 5 nitrogen and oxygen atoms in total. The minimum atomic E-state index is -0.274. The van der Waals surface area contributed by atoms with E-state index in [9.17, 15) is 14.4 Å². The van der Waals surface area contributed by atoms with Gasteiger partial charge in [-0.05, 0) is 54.5 Å². The van der Waals surface area contributed by atoms with Crippen LogP contribution >= 0.6 is 31.9 Å². The number of nitrogens with zero attached hydrogens (tertiary/aromatic N) is 1. The number of imide groups is 1. The lowest BCUT2D eigenvalue weighted by Crippen LogP contribution is -2.37. The van der Waals surface area contributed by atoms with Crippen LogP contribution in [0.5, 0.6) is 0 Å². The van der Waals surface area contributed by atoms with Gasteiger partial charge in [0.05, 0.1) is 17.5 Å². The Kier molecular flexibility index (Phi) is 5.29. The lowest BCUT2D eigenvalue weighted by atomic mass is 9.81. The first-order valence-corrected chi connectivity index (χ1v) is 12.4. The number of fused-ring (bicyclic) bond motifs is 5. The smallest absolute Gasteiger partial charge is 0.255 e. The van der Waals surface area contributed by atoms with Crippen LogP contribution in [0.4, 0.5) is 11.4 Å². The number of alkyl halides is 2. The fraction of sp³-hybridized carbons (Fsp3) is 0.375.